The van der Waals surface area contributed by atoms with Crippen molar-refractivity contribution in [2.75, 3.05) is 19.7 Å². The summed E-state index contributed by atoms with van der Waals surface area (Å²) in [6, 6.07) is 11.4. The molecule has 1 aliphatic rings. The van der Waals surface area contributed by atoms with Gasteiger partial charge in [0.15, 0.2) is 0 Å². The van der Waals surface area contributed by atoms with Gasteiger partial charge in [0, 0.05) is 31.1 Å². The van der Waals surface area contributed by atoms with Gasteiger partial charge in [-0.1, -0.05) is 11.2 Å². The highest BCUT2D eigenvalue weighted by molar-refractivity contribution is 7.12. The SMILES string of the molecule is CCOC(=O)C1(Cc2cc(-c3ccc(F)cc3)no2)CCCN(C(=O)c2cccs2)C1. The average Bonchev–Trinajstić information content (AvgIpc) is 3.47. The lowest BCUT2D eigenvalue weighted by molar-refractivity contribution is -0.158. The number of carbonyl (C=O) groups excluding carboxylic acids is 2. The number of likely N-dealkylation sites (tertiary alicyclic amines) is 1. The Balaban J connectivity index is 1.58. The van der Waals surface area contributed by atoms with E-state index in [1.807, 2.05) is 11.4 Å². The third kappa shape index (κ3) is 4.54. The van der Waals surface area contributed by atoms with Crippen molar-refractivity contribution >= 4 is 23.2 Å². The number of thiophene rings is 1. The number of halogens is 1. The maximum Gasteiger partial charge on any atom is 0.314 e. The van der Waals surface area contributed by atoms with Crippen molar-refractivity contribution in [2.24, 2.45) is 5.41 Å². The van der Waals surface area contributed by atoms with Crippen molar-refractivity contribution in [2.45, 2.75) is 26.2 Å². The lowest BCUT2D eigenvalue weighted by atomic mass is 9.76. The number of aromatic nitrogens is 1. The second-order valence-electron chi connectivity index (χ2n) is 7.67. The second-order valence-corrected chi connectivity index (χ2v) is 8.62. The number of rotatable bonds is 6. The summed E-state index contributed by atoms with van der Waals surface area (Å²) in [4.78, 5) is 28.3. The topological polar surface area (TPSA) is 72.6 Å². The molecule has 3 heterocycles. The van der Waals surface area contributed by atoms with E-state index in [2.05, 4.69) is 5.16 Å². The number of hydrogen-bond acceptors (Lipinski definition) is 6. The van der Waals surface area contributed by atoms with E-state index < -0.39 is 5.41 Å². The molecule has 0 aliphatic carbocycles. The predicted molar refractivity (Wildman–Crippen MR) is 114 cm³/mol. The molecule has 1 amide bonds. The van der Waals surface area contributed by atoms with Crippen LogP contribution in [0, 0.1) is 11.2 Å². The van der Waals surface area contributed by atoms with Crippen molar-refractivity contribution in [3.8, 4) is 11.3 Å². The van der Waals surface area contributed by atoms with Crippen LogP contribution in [0.5, 0.6) is 0 Å². The Morgan fingerprint density at radius 2 is 2.10 bits per heavy atom. The smallest absolute Gasteiger partial charge is 0.314 e. The first-order chi connectivity index (χ1) is 15.0. The maximum atomic E-state index is 13.2. The Bertz CT molecular complexity index is 1050. The lowest BCUT2D eigenvalue weighted by Crippen LogP contribution is -2.51. The van der Waals surface area contributed by atoms with Gasteiger partial charge in [0.2, 0.25) is 0 Å². The Hall–Kier alpha value is -3.00. The standard InChI is InChI=1S/C23H23FN2O4S/c1-2-29-22(28)23(10-4-11-26(15-23)21(27)20-5-3-12-31-20)14-18-13-19(25-30-18)16-6-8-17(24)9-7-16/h3,5-9,12-13H,2,4,10-11,14-15H2,1H3. The Labute approximate surface area is 183 Å². The van der Waals surface area contributed by atoms with E-state index in [0.29, 0.717) is 35.7 Å². The fourth-order valence-electron chi connectivity index (χ4n) is 4.01. The summed E-state index contributed by atoms with van der Waals surface area (Å²) in [5, 5.41) is 5.95. The molecule has 3 aromatic rings. The van der Waals surface area contributed by atoms with Crippen LogP contribution >= 0.6 is 11.3 Å². The number of carbonyl (C=O) groups is 2. The molecule has 0 N–H and O–H groups in total. The van der Waals surface area contributed by atoms with Crippen LogP contribution in [0.4, 0.5) is 4.39 Å². The van der Waals surface area contributed by atoms with E-state index in [4.69, 9.17) is 9.26 Å². The van der Waals surface area contributed by atoms with Crippen molar-refractivity contribution in [3.05, 3.63) is 64.3 Å². The van der Waals surface area contributed by atoms with Crippen molar-refractivity contribution in [1.82, 2.24) is 10.1 Å². The fraction of sp³-hybridized carbons (Fsp3) is 0.348. The van der Waals surface area contributed by atoms with Gasteiger partial charge < -0.3 is 14.2 Å². The minimum atomic E-state index is -0.902. The molecule has 0 radical (unpaired) electrons. The Morgan fingerprint density at radius 3 is 2.81 bits per heavy atom. The molecule has 0 saturated carbocycles. The Morgan fingerprint density at radius 1 is 1.29 bits per heavy atom. The average molecular weight is 443 g/mol. The molecule has 1 aliphatic heterocycles. The molecule has 0 bridgehead atoms. The zero-order valence-electron chi connectivity index (χ0n) is 17.2. The van der Waals surface area contributed by atoms with Gasteiger partial charge in [-0.05, 0) is 55.5 Å². The summed E-state index contributed by atoms with van der Waals surface area (Å²) < 4.78 is 24.1. The predicted octanol–water partition coefficient (Wildman–Crippen LogP) is 4.57. The number of nitrogens with zero attached hydrogens (tertiary/aromatic N) is 2. The number of esters is 1. The number of amides is 1. The minimum Gasteiger partial charge on any atom is -0.466 e. The van der Waals surface area contributed by atoms with E-state index in [9.17, 15) is 14.0 Å². The van der Waals surface area contributed by atoms with E-state index in [1.54, 1.807) is 36.1 Å². The number of benzene rings is 1. The normalized spacial score (nSPS) is 18.7. The molecule has 31 heavy (non-hydrogen) atoms. The molecule has 8 heteroatoms. The highest BCUT2D eigenvalue weighted by Crippen LogP contribution is 2.37. The van der Waals surface area contributed by atoms with Crippen molar-refractivity contribution in [1.29, 1.82) is 0 Å². The Kier molecular flexibility index (Phi) is 6.18. The van der Waals surface area contributed by atoms with Crippen LogP contribution in [0.2, 0.25) is 0 Å². The van der Waals surface area contributed by atoms with Crippen LogP contribution in [0.1, 0.15) is 35.2 Å². The van der Waals surface area contributed by atoms with Gasteiger partial charge in [-0.25, -0.2) is 4.39 Å². The van der Waals surface area contributed by atoms with E-state index in [0.717, 1.165) is 5.56 Å². The van der Waals surface area contributed by atoms with E-state index in [1.165, 1.54) is 23.5 Å². The van der Waals surface area contributed by atoms with Crippen LogP contribution in [0.15, 0.2) is 52.4 Å². The van der Waals surface area contributed by atoms with E-state index >= 15 is 0 Å². The third-order valence-corrected chi connectivity index (χ3v) is 6.37. The molecule has 4 rings (SSSR count). The number of ether oxygens (including phenoxy) is 1. The van der Waals surface area contributed by atoms with Crippen LogP contribution in [-0.2, 0) is 16.0 Å². The fourth-order valence-corrected chi connectivity index (χ4v) is 4.71. The van der Waals surface area contributed by atoms with Gasteiger partial charge >= 0.3 is 5.97 Å². The van der Waals surface area contributed by atoms with Crippen LogP contribution in [0.25, 0.3) is 11.3 Å². The van der Waals surface area contributed by atoms with E-state index in [-0.39, 0.29) is 37.3 Å². The first-order valence-electron chi connectivity index (χ1n) is 10.2. The second kappa shape index (κ2) is 9.01. The van der Waals surface area contributed by atoms with Crippen molar-refractivity contribution < 1.29 is 23.2 Å². The summed E-state index contributed by atoms with van der Waals surface area (Å²) in [6.07, 6.45) is 1.55. The first-order valence-corrected chi connectivity index (χ1v) is 11.1. The molecule has 1 saturated heterocycles. The van der Waals surface area contributed by atoms with Crippen molar-refractivity contribution in [3.63, 3.8) is 0 Å². The van der Waals surface area contributed by atoms with Crippen LogP contribution in [-0.4, -0.2) is 41.6 Å². The van der Waals surface area contributed by atoms with Crippen LogP contribution < -0.4 is 0 Å². The quantitative estimate of drug-likeness (QED) is 0.523. The third-order valence-electron chi connectivity index (χ3n) is 5.52. The lowest BCUT2D eigenvalue weighted by Gasteiger charge is -2.40. The molecule has 1 fully saturated rings. The van der Waals surface area contributed by atoms with Gasteiger partial charge in [-0.15, -0.1) is 11.3 Å². The molecular weight excluding hydrogens is 419 g/mol. The van der Waals surface area contributed by atoms with Gasteiger partial charge in [0.05, 0.1) is 16.9 Å². The minimum absolute atomic E-state index is 0.0760. The monoisotopic (exact) mass is 442 g/mol. The van der Waals surface area contributed by atoms with Gasteiger partial charge in [-0.2, -0.15) is 0 Å². The summed E-state index contributed by atoms with van der Waals surface area (Å²) >= 11 is 1.39. The maximum absolute atomic E-state index is 13.2. The molecule has 1 unspecified atom stereocenters. The summed E-state index contributed by atoms with van der Waals surface area (Å²) in [7, 11) is 0. The molecule has 6 nitrogen and oxygen atoms in total. The largest absolute Gasteiger partial charge is 0.466 e. The van der Waals surface area contributed by atoms with Crippen LogP contribution in [0.3, 0.4) is 0 Å². The summed E-state index contributed by atoms with van der Waals surface area (Å²) in [5.74, 6) is -0.212. The summed E-state index contributed by atoms with van der Waals surface area (Å²) in [5.41, 5.74) is 0.386. The first kappa shape index (κ1) is 21.2. The molecular formula is C23H23FN2O4S. The molecule has 2 aromatic heterocycles. The van der Waals surface area contributed by atoms with Gasteiger partial charge in [0.1, 0.15) is 17.3 Å². The highest BCUT2D eigenvalue weighted by atomic mass is 32.1. The zero-order valence-corrected chi connectivity index (χ0v) is 18.0. The summed E-state index contributed by atoms with van der Waals surface area (Å²) in [6.45, 7) is 2.88. The molecule has 1 atom stereocenters. The highest BCUT2D eigenvalue weighted by Gasteiger charge is 2.46. The zero-order chi connectivity index (χ0) is 21.8. The number of piperidine rings is 1. The number of hydrogen-bond donors (Lipinski definition) is 0. The van der Waals surface area contributed by atoms with Gasteiger partial charge in [0.25, 0.3) is 5.91 Å². The molecule has 162 valence electrons. The molecule has 0 spiro atoms. The molecule has 1 aromatic carbocycles. The van der Waals surface area contributed by atoms with Gasteiger partial charge in [-0.3, -0.25) is 9.59 Å².